The van der Waals surface area contributed by atoms with E-state index in [9.17, 15) is 0 Å². The minimum absolute atomic E-state index is 1.06. The van der Waals surface area contributed by atoms with E-state index in [1.807, 2.05) is 30.0 Å². The van der Waals surface area contributed by atoms with Crippen LogP contribution in [-0.2, 0) is 0 Å². The lowest BCUT2D eigenvalue weighted by Gasteiger charge is -1.96. The number of aliphatic imine (C=N–C) groups is 1. The molecule has 0 unspecified atom stereocenters. The van der Waals surface area contributed by atoms with Gasteiger partial charge in [0.1, 0.15) is 0 Å². The molecule has 2 heteroatoms. The molecule has 0 bridgehead atoms. The summed E-state index contributed by atoms with van der Waals surface area (Å²) in [6, 6.07) is 8.10. The summed E-state index contributed by atoms with van der Waals surface area (Å²) in [5.41, 5.74) is 4.13. The predicted octanol–water partition coefficient (Wildman–Crippen LogP) is 3.02. The Hall–Kier alpha value is -0.760. The van der Waals surface area contributed by atoms with Crippen LogP contribution < -0.4 is 0 Å². The third-order valence-electron chi connectivity index (χ3n) is 1.41. The first-order valence-electron chi connectivity index (χ1n) is 3.45. The minimum Gasteiger partial charge on any atom is -0.250 e. The maximum absolute atomic E-state index is 4.26. The van der Waals surface area contributed by atoms with Crippen LogP contribution in [0.4, 0.5) is 5.69 Å². The zero-order valence-electron chi connectivity index (χ0n) is 6.74. The van der Waals surface area contributed by atoms with Crippen LogP contribution in [0.1, 0.15) is 5.56 Å². The van der Waals surface area contributed by atoms with E-state index in [2.05, 4.69) is 18.0 Å². The monoisotopic (exact) mass is 165 g/mol. The van der Waals surface area contributed by atoms with Gasteiger partial charge in [-0.3, -0.25) is 0 Å². The quantitative estimate of drug-likeness (QED) is 0.484. The Labute approximate surface area is 71.5 Å². The van der Waals surface area contributed by atoms with Crippen molar-refractivity contribution >= 4 is 23.0 Å². The highest BCUT2D eigenvalue weighted by atomic mass is 32.2. The van der Waals surface area contributed by atoms with E-state index in [1.54, 1.807) is 11.8 Å². The third kappa shape index (κ3) is 2.39. The molecule has 0 atom stereocenters. The topological polar surface area (TPSA) is 12.4 Å². The minimum atomic E-state index is 1.06. The standard InChI is InChI=1S/C9H11NS/c1-8-5-3-4-6-9(8)10-7-11-2/h3-7H,1-2H3. The molecule has 58 valence electrons. The molecule has 1 aromatic carbocycles. The number of aryl methyl sites for hydroxylation is 1. The molecule has 0 heterocycles. The molecule has 1 aromatic rings. The van der Waals surface area contributed by atoms with Gasteiger partial charge in [-0.05, 0) is 24.8 Å². The van der Waals surface area contributed by atoms with Gasteiger partial charge in [0, 0.05) is 0 Å². The Balaban J connectivity index is 2.86. The van der Waals surface area contributed by atoms with Crippen molar-refractivity contribution in [2.24, 2.45) is 4.99 Å². The van der Waals surface area contributed by atoms with Gasteiger partial charge >= 0.3 is 0 Å². The number of nitrogens with zero attached hydrogens (tertiary/aromatic N) is 1. The fourth-order valence-electron chi connectivity index (χ4n) is 0.818. The van der Waals surface area contributed by atoms with E-state index in [-0.39, 0.29) is 0 Å². The Bertz CT molecular complexity index is 255. The summed E-state index contributed by atoms with van der Waals surface area (Å²) in [5.74, 6) is 0. The molecule has 0 aliphatic heterocycles. The molecule has 0 aliphatic rings. The maximum atomic E-state index is 4.26. The molecule has 0 amide bonds. The van der Waals surface area contributed by atoms with Gasteiger partial charge in [0.15, 0.2) is 0 Å². The van der Waals surface area contributed by atoms with E-state index >= 15 is 0 Å². The van der Waals surface area contributed by atoms with Crippen LogP contribution in [0.3, 0.4) is 0 Å². The average Bonchev–Trinajstić information content (AvgIpc) is 2.03. The molecule has 0 fully saturated rings. The van der Waals surface area contributed by atoms with Crippen molar-refractivity contribution in [1.82, 2.24) is 0 Å². The highest BCUT2D eigenvalue weighted by Gasteiger charge is 1.89. The normalized spacial score (nSPS) is 10.7. The predicted molar refractivity (Wildman–Crippen MR) is 52.8 cm³/mol. The van der Waals surface area contributed by atoms with E-state index < -0.39 is 0 Å². The third-order valence-corrected chi connectivity index (χ3v) is 1.73. The highest BCUT2D eigenvalue weighted by molar-refractivity contribution is 8.11. The number of hydrogen-bond donors (Lipinski definition) is 0. The van der Waals surface area contributed by atoms with Crippen LogP contribution in [-0.4, -0.2) is 11.8 Å². The van der Waals surface area contributed by atoms with Crippen LogP contribution in [0, 0.1) is 6.92 Å². The summed E-state index contributed by atoms with van der Waals surface area (Å²) in [5, 5.41) is 0. The summed E-state index contributed by atoms with van der Waals surface area (Å²) in [4.78, 5) is 4.26. The molecule has 0 N–H and O–H groups in total. The summed E-state index contributed by atoms with van der Waals surface area (Å²) >= 11 is 1.61. The zero-order valence-corrected chi connectivity index (χ0v) is 7.56. The first kappa shape index (κ1) is 8.34. The molecule has 11 heavy (non-hydrogen) atoms. The summed E-state index contributed by atoms with van der Waals surface area (Å²) in [7, 11) is 0. The molecule has 1 nitrogen and oxygen atoms in total. The molecule has 0 radical (unpaired) electrons. The van der Waals surface area contributed by atoms with Gasteiger partial charge in [0.25, 0.3) is 0 Å². The van der Waals surface area contributed by atoms with Crippen molar-refractivity contribution in [2.45, 2.75) is 6.92 Å². The van der Waals surface area contributed by atoms with Gasteiger partial charge in [-0.15, -0.1) is 11.8 Å². The maximum Gasteiger partial charge on any atom is 0.0665 e. The highest BCUT2D eigenvalue weighted by Crippen LogP contribution is 2.16. The van der Waals surface area contributed by atoms with E-state index in [1.165, 1.54) is 5.56 Å². The molecular formula is C9H11NS. The van der Waals surface area contributed by atoms with E-state index in [0.29, 0.717) is 0 Å². The van der Waals surface area contributed by atoms with Gasteiger partial charge in [-0.25, -0.2) is 4.99 Å². The number of hydrogen-bond acceptors (Lipinski definition) is 2. The lowest BCUT2D eigenvalue weighted by atomic mass is 10.2. The second-order valence-corrected chi connectivity index (χ2v) is 2.94. The largest absolute Gasteiger partial charge is 0.250 e. The summed E-state index contributed by atoms with van der Waals surface area (Å²) in [6.45, 7) is 2.06. The first-order valence-corrected chi connectivity index (χ1v) is 4.74. The van der Waals surface area contributed by atoms with Crippen molar-refractivity contribution < 1.29 is 0 Å². The molecular weight excluding hydrogens is 154 g/mol. The number of thioether (sulfide) groups is 1. The molecule has 0 saturated carbocycles. The van der Waals surface area contributed by atoms with Crippen molar-refractivity contribution in [1.29, 1.82) is 0 Å². The number of para-hydroxylation sites is 1. The van der Waals surface area contributed by atoms with Crippen molar-refractivity contribution in [3.05, 3.63) is 29.8 Å². The molecule has 0 aromatic heterocycles. The smallest absolute Gasteiger partial charge is 0.0665 e. The van der Waals surface area contributed by atoms with Gasteiger partial charge in [-0.2, -0.15) is 0 Å². The summed E-state index contributed by atoms with van der Waals surface area (Å²) in [6.07, 6.45) is 2.00. The van der Waals surface area contributed by atoms with Crippen LogP contribution in [0.2, 0.25) is 0 Å². The van der Waals surface area contributed by atoms with E-state index in [0.717, 1.165) is 5.69 Å². The van der Waals surface area contributed by atoms with Gasteiger partial charge in [0.05, 0.1) is 11.2 Å². The SMILES string of the molecule is CSC=Nc1ccccc1C. The molecule has 0 spiro atoms. The van der Waals surface area contributed by atoms with Gasteiger partial charge in [0.2, 0.25) is 0 Å². The van der Waals surface area contributed by atoms with Crippen LogP contribution in [0.15, 0.2) is 29.3 Å². The summed E-state index contributed by atoms with van der Waals surface area (Å²) < 4.78 is 0. The molecule has 1 rings (SSSR count). The van der Waals surface area contributed by atoms with Crippen LogP contribution in [0.5, 0.6) is 0 Å². The zero-order chi connectivity index (χ0) is 8.10. The number of rotatable bonds is 2. The Kier molecular flexibility index (Phi) is 3.17. The van der Waals surface area contributed by atoms with Crippen molar-refractivity contribution in [2.75, 3.05) is 6.26 Å². The Morgan fingerprint density at radius 3 is 2.73 bits per heavy atom. The lowest BCUT2D eigenvalue weighted by Crippen LogP contribution is -1.71. The first-order chi connectivity index (χ1) is 5.34. The second kappa shape index (κ2) is 4.19. The Morgan fingerprint density at radius 1 is 1.36 bits per heavy atom. The fourth-order valence-corrected chi connectivity index (χ4v) is 1.04. The van der Waals surface area contributed by atoms with Gasteiger partial charge in [-0.1, -0.05) is 18.2 Å². The number of benzene rings is 1. The molecule has 0 saturated heterocycles. The van der Waals surface area contributed by atoms with Crippen LogP contribution in [0.25, 0.3) is 0 Å². The molecule has 0 aliphatic carbocycles. The second-order valence-electron chi connectivity index (χ2n) is 2.26. The fraction of sp³-hybridized carbons (Fsp3) is 0.222. The van der Waals surface area contributed by atoms with Crippen molar-refractivity contribution in [3.63, 3.8) is 0 Å². The Morgan fingerprint density at radius 2 is 2.09 bits per heavy atom. The average molecular weight is 165 g/mol. The van der Waals surface area contributed by atoms with Gasteiger partial charge < -0.3 is 0 Å². The van der Waals surface area contributed by atoms with Crippen LogP contribution >= 0.6 is 11.8 Å². The van der Waals surface area contributed by atoms with Crippen molar-refractivity contribution in [3.8, 4) is 0 Å². The van der Waals surface area contributed by atoms with E-state index in [4.69, 9.17) is 0 Å². The lowest BCUT2D eigenvalue weighted by molar-refractivity contribution is 1.41.